The lowest BCUT2D eigenvalue weighted by Crippen LogP contribution is -2.12. The highest BCUT2D eigenvalue weighted by molar-refractivity contribution is 4.94. The largest absolute Gasteiger partial charge is 0.390 e. The molecule has 0 aliphatic heterocycles. The number of aliphatic hydroxyl groups excluding tert-OH is 1. The maximum absolute atomic E-state index is 8.88. The fourth-order valence-electron chi connectivity index (χ4n) is 2.26. The zero-order valence-corrected chi connectivity index (χ0v) is 8.52. The molecule has 14 heavy (non-hydrogen) atoms. The standard InChI is InChI=1S/C11H18N2O/c14-8-11-7-13(9-12-11)6-10-4-2-1-3-5-10/h7,9-10,14H,1-6,8H2. The summed E-state index contributed by atoms with van der Waals surface area (Å²) in [6, 6.07) is 0. The van der Waals surface area contributed by atoms with Crippen LogP contribution in [0.15, 0.2) is 12.5 Å². The molecule has 0 unspecified atom stereocenters. The molecule has 1 N–H and O–H groups in total. The molecule has 0 spiro atoms. The minimum atomic E-state index is 0.0532. The van der Waals surface area contributed by atoms with Crippen LogP contribution in [0.1, 0.15) is 37.8 Å². The summed E-state index contributed by atoms with van der Waals surface area (Å²) >= 11 is 0. The Hall–Kier alpha value is -0.830. The molecular formula is C11H18N2O. The lowest BCUT2D eigenvalue weighted by Gasteiger charge is -2.21. The summed E-state index contributed by atoms with van der Waals surface area (Å²) < 4.78 is 2.11. The predicted molar refractivity (Wildman–Crippen MR) is 54.7 cm³/mol. The van der Waals surface area contributed by atoms with Crippen molar-refractivity contribution < 1.29 is 5.11 Å². The van der Waals surface area contributed by atoms with Crippen molar-refractivity contribution in [2.45, 2.75) is 45.3 Å². The molecule has 0 amide bonds. The highest BCUT2D eigenvalue weighted by Crippen LogP contribution is 2.24. The SMILES string of the molecule is OCc1cn(CC2CCCCC2)cn1. The molecule has 78 valence electrons. The lowest BCUT2D eigenvalue weighted by atomic mass is 9.89. The van der Waals surface area contributed by atoms with Crippen LogP contribution in [0.4, 0.5) is 0 Å². The summed E-state index contributed by atoms with van der Waals surface area (Å²) in [5.41, 5.74) is 0.779. The third kappa shape index (κ3) is 2.35. The number of aromatic nitrogens is 2. The van der Waals surface area contributed by atoms with Crippen LogP contribution in [0.3, 0.4) is 0 Å². The zero-order chi connectivity index (χ0) is 9.80. The van der Waals surface area contributed by atoms with E-state index in [4.69, 9.17) is 5.11 Å². The summed E-state index contributed by atoms with van der Waals surface area (Å²) in [5.74, 6) is 0.824. The van der Waals surface area contributed by atoms with Crippen LogP contribution in [0.2, 0.25) is 0 Å². The quantitative estimate of drug-likeness (QED) is 0.798. The molecule has 3 nitrogen and oxygen atoms in total. The first kappa shape index (κ1) is 9.71. The van der Waals surface area contributed by atoms with Gasteiger partial charge in [-0.1, -0.05) is 19.3 Å². The Labute approximate surface area is 84.8 Å². The van der Waals surface area contributed by atoms with Gasteiger partial charge in [0.05, 0.1) is 18.6 Å². The summed E-state index contributed by atoms with van der Waals surface area (Å²) in [6.45, 7) is 1.13. The van der Waals surface area contributed by atoms with Crippen LogP contribution in [0, 0.1) is 5.92 Å². The maximum atomic E-state index is 8.88. The Morgan fingerprint density at radius 2 is 2.14 bits per heavy atom. The van der Waals surface area contributed by atoms with E-state index in [9.17, 15) is 0 Å². The van der Waals surface area contributed by atoms with Crippen molar-refractivity contribution in [3.05, 3.63) is 18.2 Å². The first-order valence-electron chi connectivity index (χ1n) is 5.50. The molecule has 1 fully saturated rings. The molecule has 0 atom stereocenters. The third-order valence-electron chi connectivity index (χ3n) is 3.04. The molecule has 1 aliphatic rings. The van der Waals surface area contributed by atoms with Crippen molar-refractivity contribution >= 4 is 0 Å². The predicted octanol–water partition coefficient (Wildman–Crippen LogP) is 1.96. The zero-order valence-electron chi connectivity index (χ0n) is 8.52. The molecule has 0 aromatic carbocycles. The number of rotatable bonds is 3. The second-order valence-electron chi connectivity index (χ2n) is 4.22. The Balaban J connectivity index is 1.89. The number of nitrogens with zero attached hydrogens (tertiary/aromatic N) is 2. The van der Waals surface area contributed by atoms with Gasteiger partial charge in [0.2, 0.25) is 0 Å². The van der Waals surface area contributed by atoms with E-state index in [1.54, 1.807) is 0 Å². The van der Waals surface area contributed by atoms with E-state index in [0.717, 1.165) is 18.2 Å². The molecule has 1 aliphatic carbocycles. The lowest BCUT2D eigenvalue weighted by molar-refractivity contribution is 0.277. The van der Waals surface area contributed by atoms with E-state index in [1.807, 2.05) is 12.5 Å². The van der Waals surface area contributed by atoms with Gasteiger partial charge in [0, 0.05) is 12.7 Å². The van der Waals surface area contributed by atoms with Crippen molar-refractivity contribution in [2.75, 3.05) is 0 Å². The molecule has 1 heterocycles. The van der Waals surface area contributed by atoms with Crippen molar-refractivity contribution in [3.8, 4) is 0 Å². The molecule has 0 saturated heterocycles. The van der Waals surface area contributed by atoms with E-state index in [2.05, 4.69) is 9.55 Å². The number of hydrogen-bond acceptors (Lipinski definition) is 2. The van der Waals surface area contributed by atoms with Gasteiger partial charge in [-0.05, 0) is 18.8 Å². The van der Waals surface area contributed by atoms with Gasteiger partial charge in [0.1, 0.15) is 0 Å². The Morgan fingerprint density at radius 3 is 2.79 bits per heavy atom. The average Bonchev–Trinajstić information content (AvgIpc) is 2.67. The maximum Gasteiger partial charge on any atom is 0.0950 e. The fourth-order valence-corrected chi connectivity index (χ4v) is 2.26. The Kier molecular flexibility index (Phi) is 3.19. The van der Waals surface area contributed by atoms with E-state index in [0.29, 0.717) is 0 Å². The number of hydrogen-bond donors (Lipinski definition) is 1. The van der Waals surface area contributed by atoms with Crippen molar-refractivity contribution in [1.82, 2.24) is 9.55 Å². The summed E-state index contributed by atoms with van der Waals surface area (Å²) in [7, 11) is 0. The minimum absolute atomic E-state index is 0.0532. The Morgan fingerprint density at radius 1 is 1.36 bits per heavy atom. The normalized spacial score (nSPS) is 18.6. The summed E-state index contributed by atoms with van der Waals surface area (Å²) in [6.07, 6.45) is 10.7. The van der Waals surface area contributed by atoms with E-state index in [1.165, 1.54) is 32.1 Å². The van der Waals surface area contributed by atoms with Gasteiger partial charge < -0.3 is 9.67 Å². The third-order valence-corrected chi connectivity index (χ3v) is 3.04. The molecule has 1 aromatic rings. The second kappa shape index (κ2) is 4.60. The molecule has 0 radical (unpaired) electrons. The first-order chi connectivity index (χ1) is 6.88. The van der Waals surface area contributed by atoms with E-state index < -0.39 is 0 Å². The van der Waals surface area contributed by atoms with Crippen LogP contribution < -0.4 is 0 Å². The molecular weight excluding hydrogens is 176 g/mol. The fraction of sp³-hybridized carbons (Fsp3) is 0.727. The van der Waals surface area contributed by atoms with Crippen LogP contribution in [0.25, 0.3) is 0 Å². The second-order valence-corrected chi connectivity index (χ2v) is 4.22. The summed E-state index contributed by atoms with van der Waals surface area (Å²) in [5, 5.41) is 8.88. The van der Waals surface area contributed by atoms with Crippen molar-refractivity contribution in [1.29, 1.82) is 0 Å². The van der Waals surface area contributed by atoms with Crippen LogP contribution in [-0.2, 0) is 13.2 Å². The first-order valence-corrected chi connectivity index (χ1v) is 5.50. The van der Waals surface area contributed by atoms with Crippen LogP contribution in [-0.4, -0.2) is 14.7 Å². The van der Waals surface area contributed by atoms with E-state index >= 15 is 0 Å². The van der Waals surface area contributed by atoms with Crippen LogP contribution in [0.5, 0.6) is 0 Å². The Bertz CT molecular complexity index is 277. The van der Waals surface area contributed by atoms with Gasteiger partial charge >= 0.3 is 0 Å². The van der Waals surface area contributed by atoms with Crippen molar-refractivity contribution in [3.63, 3.8) is 0 Å². The van der Waals surface area contributed by atoms with Gasteiger partial charge in [-0.3, -0.25) is 0 Å². The molecule has 3 heteroatoms. The van der Waals surface area contributed by atoms with Gasteiger partial charge in [0.15, 0.2) is 0 Å². The van der Waals surface area contributed by atoms with E-state index in [-0.39, 0.29) is 6.61 Å². The number of imidazole rings is 1. The average molecular weight is 194 g/mol. The minimum Gasteiger partial charge on any atom is -0.390 e. The number of aliphatic hydroxyl groups is 1. The molecule has 0 bridgehead atoms. The monoisotopic (exact) mass is 194 g/mol. The van der Waals surface area contributed by atoms with Gasteiger partial charge in [0.25, 0.3) is 0 Å². The highest BCUT2D eigenvalue weighted by atomic mass is 16.3. The summed E-state index contributed by atoms with van der Waals surface area (Å²) in [4.78, 5) is 4.11. The van der Waals surface area contributed by atoms with Gasteiger partial charge in [-0.15, -0.1) is 0 Å². The van der Waals surface area contributed by atoms with Crippen molar-refractivity contribution in [2.24, 2.45) is 5.92 Å². The van der Waals surface area contributed by atoms with Gasteiger partial charge in [-0.25, -0.2) is 4.98 Å². The van der Waals surface area contributed by atoms with Crippen LogP contribution >= 0.6 is 0 Å². The topological polar surface area (TPSA) is 38.0 Å². The molecule has 2 rings (SSSR count). The molecule has 1 saturated carbocycles. The smallest absolute Gasteiger partial charge is 0.0950 e. The highest BCUT2D eigenvalue weighted by Gasteiger charge is 2.13. The van der Waals surface area contributed by atoms with Gasteiger partial charge in [-0.2, -0.15) is 0 Å². The molecule has 1 aromatic heterocycles.